The van der Waals surface area contributed by atoms with Gasteiger partial charge in [-0.1, -0.05) is 36.4 Å². The number of hydrogen-bond donors (Lipinski definition) is 7. The van der Waals surface area contributed by atoms with E-state index < -0.39 is 35.9 Å². The Morgan fingerprint density at radius 2 is 1.65 bits per heavy atom. The number of nitrogens with zero attached hydrogens (tertiary/aromatic N) is 1. The normalized spacial score (nSPS) is 12.1. The van der Waals surface area contributed by atoms with E-state index >= 15 is 0 Å². The number of hydrogen-bond acceptors (Lipinski definition) is 9. The van der Waals surface area contributed by atoms with Gasteiger partial charge in [-0.2, -0.15) is 0 Å². The van der Waals surface area contributed by atoms with Crippen LogP contribution < -0.4 is 26.7 Å². The predicted octanol–water partition coefficient (Wildman–Crippen LogP) is 4.25. The van der Waals surface area contributed by atoms with Crippen LogP contribution in [0.15, 0.2) is 107 Å². The van der Waals surface area contributed by atoms with Gasteiger partial charge in [-0.3, -0.25) is 19.2 Å². The first-order valence-electron chi connectivity index (χ1n) is 17.2. The van der Waals surface area contributed by atoms with E-state index in [1.54, 1.807) is 36.5 Å². The topological polar surface area (TPSA) is 233 Å². The van der Waals surface area contributed by atoms with Crippen molar-refractivity contribution in [2.75, 3.05) is 11.9 Å². The van der Waals surface area contributed by atoms with E-state index in [1.807, 2.05) is 6.07 Å². The minimum atomic E-state index is -1.29. The van der Waals surface area contributed by atoms with E-state index in [4.69, 9.17) is 4.42 Å². The Hall–Kier alpha value is -7.29. The summed E-state index contributed by atoms with van der Waals surface area (Å²) in [5.74, 6) is -2.05. The Bertz CT molecular complexity index is 2410. The largest absolute Gasteiger partial charge is 0.508 e. The highest BCUT2D eigenvalue weighted by molar-refractivity contribution is 6.08. The van der Waals surface area contributed by atoms with Crippen molar-refractivity contribution in [2.24, 2.45) is 0 Å². The van der Waals surface area contributed by atoms with E-state index in [0.29, 0.717) is 22.3 Å². The number of amides is 4. The molecule has 1 aromatic heterocycles. The maximum Gasteiger partial charge on any atom is 0.336 e. The van der Waals surface area contributed by atoms with Crippen molar-refractivity contribution in [3.8, 4) is 28.2 Å². The molecule has 0 saturated carbocycles. The number of ketones is 1. The van der Waals surface area contributed by atoms with Crippen molar-refractivity contribution in [2.45, 2.75) is 38.3 Å². The summed E-state index contributed by atoms with van der Waals surface area (Å²) >= 11 is 0. The van der Waals surface area contributed by atoms with Gasteiger partial charge in [-0.15, -0.1) is 0 Å². The lowest BCUT2D eigenvalue weighted by atomic mass is 9.90. The number of carbonyl (C=O) groups excluding carboxylic acids is 4. The molecule has 0 bridgehead atoms. The summed E-state index contributed by atoms with van der Waals surface area (Å²) in [6, 6.07) is 19.2. The van der Waals surface area contributed by atoms with Crippen LogP contribution in [-0.4, -0.2) is 68.4 Å². The highest BCUT2D eigenvalue weighted by atomic mass is 16.4. The SMILES string of the molecule is CC(=O)[C@H](Cc1ncc[nH]1)NC(=O)[C@H](Cc1ccccc1)NC(=O)CCNC(=O)Nc1ccc(-c2c3ccc(=O)cc-3oc3cc(O)ccc23)c(C(=O)O)c1. The molecular weight excluding hydrogens is 708 g/mol. The number of imidazole rings is 1. The minimum Gasteiger partial charge on any atom is -0.508 e. The summed E-state index contributed by atoms with van der Waals surface area (Å²) in [4.78, 5) is 83.3. The van der Waals surface area contributed by atoms with Gasteiger partial charge in [-0.25, -0.2) is 14.6 Å². The van der Waals surface area contributed by atoms with Gasteiger partial charge in [0.15, 0.2) is 11.2 Å². The molecular formula is C40H36N6O9. The maximum absolute atomic E-state index is 13.4. The number of anilines is 1. The van der Waals surface area contributed by atoms with Crippen LogP contribution in [0, 0.1) is 0 Å². The number of nitrogens with one attached hydrogen (secondary N) is 5. The number of carbonyl (C=O) groups is 5. The fourth-order valence-corrected chi connectivity index (χ4v) is 6.13. The molecule has 15 nitrogen and oxygen atoms in total. The second kappa shape index (κ2) is 16.6. The van der Waals surface area contributed by atoms with Crippen LogP contribution in [0.1, 0.15) is 35.1 Å². The molecule has 2 heterocycles. The molecule has 4 aromatic rings. The molecule has 0 fully saturated rings. The average molecular weight is 745 g/mol. The lowest BCUT2D eigenvalue weighted by molar-refractivity contribution is -0.131. The quantitative estimate of drug-likeness (QED) is 0.0784. The summed E-state index contributed by atoms with van der Waals surface area (Å²) in [6.45, 7) is 1.23. The van der Waals surface area contributed by atoms with Crippen molar-refractivity contribution < 1.29 is 38.6 Å². The summed E-state index contributed by atoms with van der Waals surface area (Å²) in [5.41, 5.74) is 1.85. The summed E-state index contributed by atoms with van der Waals surface area (Å²) in [6.07, 6.45) is 3.23. The highest BCUT2D eigenvalue weighted by Gasteiger charge is 2.27. The number of aromatic hydroxyl groups is 1. The standard InChI is InChI=1S/C40H36N6O9/c1-22(47)31(21-35-41-15-16-42-35)46-38(51)32(17-23-5-3-2-4-6-23)45-36(50)13-14-43-40(54)44-24-7-10-27(30(18-24)39(52)53)37-28-11-8-25(48)19-33(28)55-34-20-26(49)9-12-29(34)37/h2-12,15-16,18-20,31-32,48H,13-14,17,21H2,1H3,(H,41,42)(H,45,50)(H,46,51)(H,52,53)(H2,43,44,54)/t31-,32-/m0/s1. The van der Waals surface area contributed by atoms with Crippen LogP contribution in [0.2, 0.25) is 0 Å². The van der Waals surface area contributed by atoms with Crippen LogP contribution in [0.25, 0.3) is 33.4 Å². The van der Waals surface area contributed by atoms with Gasteiger partial charge in [0, 0.05) is 72.5 Å². The van der Waals surface area contributed by atoms with Gasteiger partial charge in [0.1, 0.15) is 29.0 Å². The fraction of sp³-hybridized carbons (Fsp3) is 0.175. The lowest BCUT2D eigenvalue weighted by Gasteiger charge is -2.22. The second-order valence-corrected chi connectivity index (χ2v) is 12.7. The molecule has 2 atom stereocenters. The highest BCUT2D eigenvalue weighted by Crippen LogP contribution is 2.42. The van der Waals surface area contributed by atoms with Crippen molar-refractivity contribution in [3.05, 3.63) is 124 Å². The molecule has 6 rings (SSSR count). The second-order valence-electron chi connectivity index (χ2n) is 12.7. The van der Waals surface area contributed by atoms with E-state index in [0.717, 1.165) is 5.56 Å². The van der Waals surface area contributed by atoms with Crippen LogP contribution in [0.5, 0.6) is 5.75 Å². The lowest BCUT2D eigenvalue weighted by Crippen LogP contribution is -2.53. The van der Waals surface area contributed by atoms with E-state index in [-0.39, 0.29) is 70.9 Å². The number of urea groups is 1. The molecule has 280 valence electrons. The molecule has 0 saturated heterocycles. The Labute approximate surface area is 313 Å². The Morgan fingerprint density at radius 1 is 0.873 bits per heavy atom. The Balaban J connectivity index is 1.12. The van der Waals surface area contributed by atoms with Crippen LogP contribution in [0.4, 0.5) is 10.5 Å². The maximum atomic E-state index is 13.4. The van der Waals surface area contributed by atoms with Crippen molar-refractivity contribution in [1.82, 2.24) is 25.9 Å². The molecule has 4 amide bonds. The number of fused-ring (bicyclic) bond motifs is 2. The number of Topliss-reactive ketones (excluding diaryl/α,β-unsaturated/α-hetero) is 1. The number of aromatic carboxylic acids is 1. The van der Waals surface area contributed by atoms with Crippen LogP contribution >= 0.6 is 0 Å². The zero-order chi connectivity index (χ0) is 39.1. The number of carboxylic acid groups (broad SMARTS) is 1. The number of phenolic OH excluding ortho intramolecular Hbond substituents is 1. The first-order chi connectivity index (χ1) is 26.4. The van der Waals surface area contributed by atoms with Crippen molar-refractivity contribution in [3.63, 3.8) is 0 Å². The third-order valence-corrected chi connectivity index (χ3v) is 8.79. The summed E-state index contributed by atoms with van der Waals surface area (Å²) < 4.78 is 5.86. The molecule has 3 aromatic carbocycles. The first-order valence-corrected chi connectivity index (χ1v) is 17.2. The van der Waals surface area contributed by atoms with E-state index in [9.17, 15) is 39.0 Å². The Kier molecular flexibility index (Phi) is 11.3. The number of benzene rings is 4. The number of aromatic nitrogens is 2. The zero-order valence-corrected chi connectivity index (χ0v) is 29.4. The molecule has 55 heavy (non-hydrogen) atoms. The first kappa shape index (κ1) is 37.5. The molecule has 1 aliphatic carbocycles. The molecule has 0 unspecified atom stereocenters. The van der Waals surface area contributed by atoms with Gasteiger partial charge >= 0.3 is 12.0 Å². The third kappa shape index (κ3) is 9.21. The van der Waals surface area contributed by atoms with Crippen LogP contribution in [0.3, 0.4) is 0 Å². The van der Waals surface area contributed by atoms with Crippen molar-refractivity contribution in [1.29, 1.82) is 0 Å². The Morgan fingerprint density at radius 3 is 2.38 bits per heavy atom. The smallest absolute Gasteiger partial charge is 0.336 e. The molecule has 15 heteroatoms. The van der Waals surface area contributed by atoms with E-state index in [2.05, 4.69) is 31.2 Å². The molecule has 0 spiro atoms. The van der Waals surface area contributed by atoms with Crippen molar-refractivity contribution >= 4 is 46.3 Å². The number of phenols is 1. The minimum absolute atomic E-state index is 0.0846. The molecule has 0 radical (unpaired) electrons. The molecule has 7 N–H and O–H groups in total. The van der Waals surface area contributed by atoms with Gasteiger partial charge in [0.2, 0.25) is 11.8 Å². The molecule has 2 aliphatic rings. The van der Waals surface area contributed by atoms with Crippen LogP contribution in [-0.2, 0) is 27.2 Å². The zero-order valence-electron chi connectivity index (χ0n) is 29.4. The monoisotopic (exact) mass is 744 g/mol. The van der Waals surface area contributed by atoms with Gasteiger partial charge in [-0.05, 0) is 54.4 Å². The summed E-state index contributed by atoms with van der Waals surface area (Å²) in [5, 5.41) is 31.3. The fourth-order valence-electron chi connectivity index (χ4n) is 6.13. The number of carboxylic acids is 1. The van der Waals surface area contributed by atoms with Gasteiger partial charge in [0.25, 0.3) is 0 Å². The number of aromatic amines is 1. The van der Waals surface area contributed by atoms with E-state index in [1.165, 1.54) is 61.7 Å². The number of H-pyrrole nitrogens is 1. The molecule has 1 aliphatic heterocycles. The van der Waals surface area contributed by atoms with Gasteiger partial charge < -0.3 is 40.9 Å². The summed E-state index contributed by atoms with van der Waals surface area (Å²) in [7, 11) is 0. The van der Waals surface area contributed by atoms with Gasteiger partial charge in [0.05, 0.1) is 11.6 Å². The predicted molar refractivity (Wildman–Crippen MR) is 202 cm³/mol. The third-order valence-electron chi connectivity index (χ3n) is 8.79. The average Bonchev–Trinajstić information content (AvgIpc) is 3.67. The number of rotatable bonds is 14.